The molecule has 0 saturated carbocycles. The van der Waals surface area contributed by atoms with Gasteiger partial charge in [-0.25, -0.2) is 0 Å². The van der Waals surface area contributed by atoms with Crippen LogP contribution in [0, 0.1) is 13.8 Å². The van der Waals surface area contributed by atoms with Gasteiger partial charge in [-0.3, -0.25) is 4.99 Å². The van der Waals surface area contributed by atoms with Gasteiger partial charge in [-0.1, -0.05) is 29.8 Å². The van der Waals surface area contributed by atoms with Crippen molar-refractivity contribution in [3.8, 4) is 11.5 Å². The third-order valence-electron chi connectivity index (χ3n) is 4.16. The number of aryl methyl sites for hydroxylation is 2. The SMILES string of the molecule is CCOc1cc(CNC(=NC)NCc2ccc(C)cc2C)ccc1OC.I. The van der Waals surface area contributed by atoms with Gasteiger partial charge in [0.15, 0.2) is 17.5 Å². The summed E-state index contributed by atoms with van der Waals surface area (Å²) < 4.78 is 11.0. The summed E-state index contributed by atoms with van der Waals surface area (Å²) in [5, 5.41) is 6.70. The Kier molecular flexibility index (Phi) is 9.99. The van der Waals surface area contributed by atoms with E-state index in [2.05, 4.69) is 47.7 Å². The van der Waals surface area contributed by atoms with Gasteiger partial charge in [0.2, 0.25) is 0 Å². The third-order valence-corrected chi connectivity index (χ3v) is 4.16. The normalized spacial score (nSPS) is 10.8. The van der Waals surface area contributed by atoms with Crippen LogP contribution in [-0.2, 0) is 13.1 Å². The minimum Gasteiger partial charge on any atom is -0.493 e. The molecule has 27 heavy (non-hydrogen) atoms. The van der Waals surface area contributed by atoms with E-state index >= 15 is 0 Å². The van der Waals surface area contributed by atoms with Crippen molar-refractivity contribution in [3.05, 3.63) is 58.7 Å². The number of nitrogens with one attached hydrogen (secondary N) is 2. The molecule has 5 nitrogen and oxygen atoms in total. The Hall–Kier alpha value is -1.96. The fourth-order valence-corrected chi connectivity index (χ4v) is 2.73. The van der Waals surface area contributed by atoms with Gasteiger partial charge in [0.05, 0.1) is 13.7 Å². The van der Waals surface area contributed by atoms with Gasteiger partial charge in [-0.15, -0.1) is 24.0 Å². The molecule has 0 saturated heterocycles. The quantitative estimate of drug-likeness (QED) is 0.352. The van der Waals surface area contributed by atoms with Crippen molar-refractivity contribution < 1.29 is 9.47 Å². The molecule has 0 bridgehead atoms. The van der Waals surface area contributed by atoms with Crippen LogP contribution in [-0.4, -0.2) is 26.7 Å². The van der Waals surface area contributed by atoms with Crippen molar-refractivity contribution in [2.75, 3.05) is 20.8 Å². The molecule has 148 valence electrons. The average Bonchev–Trinajstić information content (AvgIpc) is 2.63. The van der Waals surface area contributed by atoms with Crippen LogP contribution in [0.5, 0.6) is 11.5 Å². The lowest BCUT2D eigenvalue weighted by atomic mass is 10.1. The first-order chi connectivity index (χ1) is 12.6. The summed E-state index contributed by atoms with van der Waals surface area (Å²) in [7, 11) is 3.42. The fraction of sp³-hybridized carbons (Fsp3) is 0.381. The molecule has 2 aromatic rings. The number of guanidine groups is 1. The van der Waals surface area contributed by atoms with E-state index in [9.17, 15) is 0 Å². The molecule has 0 atom stereocenters. The van der Waals surface area contributed by atoms with Crippen LogP contribution in [0.25, 0.3) is 0 Å². The molecule has 0 amide bonds. The molecule has 0 aliphatic heterocycles. The van der Waals surface area contributed by atoms with E-state index in [0.29, 0.717) is 13.2 Å². The fourth-order valence-electron chi connectivity index (χ4n) is 2.73. The van der Waals surface area contributed by atoms with Gasteiger partial charge in [0, 0.05) is 20.1 Å². The summed E-state index contributed by atoms with van der Waals surface area (Å²) in [5.41, 5.74) is 4.92. The van der Waals surface area contributed by atoms with E-state index in [1.165, 1.54) is 16.7 Å². The molecular weight excluding hydrogens is 453 g/mol. The zero-order valence-corrected chi connectivity index (χ0v) is 19.1. The van der Waals surface area contributed by atoms with Crippen LogP contribution in [0.15, 0.2) is 41.4 Å². The molecule has 0 aromatic heterocycles. The molecule has 0 spiro atoms. The maximum absolute atomic E-state index is 5.63. The maximum Gasteiger partial charge on any atom is 0.191 e. The standard InChI is InChI=1S/C21H29N3O2.HI/c1-6-26-20-12-17(8-10-19(20)25-5)13-23-21(22-4)24-14-18-9-7-15(2)11-16(18)3;/h7-12H,6,13-14H2,1-5H3,(H2,22,23,24);1H. The van der Waals surface area contributed by atoms with E-state index in [-0.39, 0.29) is 24.0 Å². The lowest BCUT2D eigenvalue weighted by Crippen LogP contribution is -2.36. The first-order valence-corrected chi connectivity index (χ1v) is 8.87. The molecule has 0 aliphatic carbocycles. The van der Waals surface area contributed by atoms with Crippen LogP contribution in [0.2, 0.25) is 0 Å². The highest BCUT2D eigenvalue weighted by Crippen LogP contribution is 2.27. The van der Waals surface area contributed by atoms with E-state index in [1.807, 2.05) is 25.1 Å². The van der Waals surface area contributed by atoms with Crippen LogP contribution in [0.3, 0.4) is 0 Å². The van der Waals surface area contributed by atoms with Crippen LogP contribution in [0.1, 0.15) is 29.2 Å². The van der Waals surface area contributed by atoms with Gasteiger partial charge >= 0.3 is 0 Å². The summed E-state index contributed by atoms with van der Waals surface area (Å²) in [6, 6.07) is 12.4. The first-order valence-electron chi connectivity index (χ1n) is 8.87. The van der Waals surface area contributed by atoms with Crippen molar-refractivity contribution in [1.82, 2.24) is 10.6 Å². The van der Waals surface area contributed by atoms with Crippen molar-refractivity contribution >= 4 is 29.9 Å². The van der Waals surface area contributed by atoms with Gasteiger partial charge < -0.3 is 20.1 Å². The molecule has 2 N–H and O–H groups in total. The van der Waals surface area contributed by atoms with Crippen LogP contribution >= 0.6 is 24.0 Å². The van der Waals surface area contributed by atoms with E-state index in [1.54, 1.807) is 14.2 Å². The third kappa shape index (κ3) is 6.93. The number of benzene rings is 2. The molecule has 0 fully saturated rings. The first kappa shape index (κ1) is 23.1. The Balaban J connectivity index is 0.00000364. The summed E-state index contributed by atoms with van der Waals surface area (Å²) in [5.74, 6) is 2.26. The van der Waals surface area contributed by atoms with E-state index in [4.69, 9.17) is 9.47 Å². The Labute approximate surface area is 179 Å². The lowest BCUT2D eigenvalue weighted by Gasteiger charge is -2.15. The van der Waals surface area contributed by atoms with E-state index < -0.39 is 0 Å². The van der Waals surface area contributed by atoms with Crippen molar-refractivity contribution in [2.45, 2.75) is 33.9 Å². The minimum absolute atomic E-state index is 0. The topological polar surface area (TPSA) is 54.9 Å². The predicted molar refractivity (Wildman–Crippen MR) is 123 cm³/mol. The minimum atomic E-state index is 0. The lowest BCUT2D eigenvalue weighted by molar-refractivity contribution is 0.310. The van der Waals surface area contributed by atoms with Crippen molar-refractivity contribution in [2.24, 2.45) is 4.99 Å². The molecule has 6 heteroatoms. The Morgan fingerprint density at radius 1 is 1.00 bits per heavy atom. The summed E-state index contributed by atoms with van der Waals surface area (Å²) >= 11 is 0. The molecule has 0 heterocycles. The van der Waals surface area contributed by atoms with E-state index in [0.717, 1.165) is 29.6 Å². The second kappa shape index (κ2) is 11.7. The predicted octanol–water partition coefficient (Wildman–Crippen LogP) is 4.19. The molecule has 0 aliphatic rings. The van der Waals surface area contributed by atoms with Gasteiger partial charge in [-0.2, -0.15) is 0 Å². The molecule has 0 unspecified atom stereocenters. The Morgan fingerprint density at radius 3 is 2.37 bits per heavy atom. The monoisotopic (exact) mass is 483 g/mol. The number of ether oxygens (including phenoxy) is 2. The highest BCUT2D eigenvalue weighted by Gasteiger charge is 2.06. The smallest absolute Gasteiger partial charge is 0.191 e. The molecule has 2 aromatic carbocycles. The zero-order valence-electron chi connectivity index (χ0n) is 16.8. The second-order valence-corrected chi connectivity index (χ2v) is 6.13. The second-order valence-electron chi connectivity index (χ2n) is 6.13. The molecule has 2 rings (SSSR count). The number of nitrogens with zero attached hydrogens (tertiary/aromatic N) is 1. The van der Waals surface area contributed by atoms with Gasteiger partial charge in [-0.05, 0) is 49.6 Å². The number of rotatable bonds is 7. The molecule has 0 radical (unpaired) electrons. The van der Waals surface area contributed by atoms with Crippen molar-refractivity contribution in [3.63, 3.8) is 0 Å². The zero-order chi connectivity index (χ0) is 18.9. The van der Waals surface area contributed by atoms with Gasteiger partial charge in [0.1, 0.15) is 0 Å². The Bertz CT molecular complexity index is 763. The number of hydrogen-bond acceptors (Lipinski definition) is 3. The largest absolute Gasteiger partial charge is 0.493 e. The highest BCUT2D eigenvalue weighted by atomic mass is 127. The number of aliphatic imine (C=N–C) groups is 1. The van der Waals surface area contributed by atoms with Gasteiger partial charge in [0.25, 0.3) is 0 Å². The summed E-state index contributed by atoms with van der Waals surface area (Å²) in [4.78, 5) is 4.30. The molecular formula is C21H30IN3O2. The average molecular weight is 483 g/mol. The maximum atomic E-state index is 5.63. The summed E-state index contributed by atoms with van der Waals surface area (Å²) in [6.45, 7) is 8.19. The Morgan fingerprint density at radius 2 is 1.74 bits per heavy atom. The number of methoxy groups -OCH3 is 1. The highest BCUT2D eigenvalue weighted by molar-refractivity contribution is 14.0. The van der Waals surface area contributed by atoms with Crippen LogP contribution in [0.4, 0.5) is 0 Å². The number of hydrogen-bond donors (Lipinski definition) is 2. The van der Waals surface area contributed by atoms with Crippen molar-refractivity contribution in [1.29, 1.82) is 0 Å². The number of halogens is 1. The summed E-state index contributed by atoms with van der Waals surface area (Å²) in [6.07, 6.45) is 0. The van der Waals surface area contributed by atoms with Crippen LogP contribution < -0.4 is 20.1 Å².